The maximum atomic E-state index is 5.02. The molecule has 0 spiro atoms. The molecule has 0 amide bonds. The Kier molecular flexibility index (Phi) is 6.75. The maximum absolute atomic E-state index is 5.02. The van der Waals surface area contributed by atoms with E-state index >= 15 is 0 Å². The fourth-order valence-corrected chi connectivity index (χ4v) is 8.13. The highest BCUT2D eigenvalue weighted by molar-refractivity contribution is 6.19. The highest BCUT2D eigenvalue weighted by Crippen LogP contribution is 2.53. The van der Waals surface area contributed by atoms with Crippen LogP contribution in [0.3, 0.4) is 0 Å². The molecule has 0 radical (unpaired) electrons. The van der Waals surface area contributed by atoms with Crippen molar-refractivity contribution in [1.29, 1.82) is 0 Å². The molecule has 6 heterocycles. The SMILES string of the molecule is c1ccc(-c2ccc3c(c2)c2cc4c(cc2n3-c2cc(-c3cccnc3)ccn2)N(c2cc(-c3cccnc3)ccn2)c2cccc3cccc-4c23)cc1. The first kappa shape index (κ1) is 30.2. The molecule has 0 saturated heterocycles. The zero-order valence-electron chi connectivity index (χ0n) is 29.0. The van der Waals surface area contributed by atoms with E-state index in [1.54, 1.807) is 12.4 Å². The molecule has 252 valence electrons. The van der Waals surface area contributed by atoms with Gasteiger partial charge in [-0.25, -0.2) is 9.97 Å². The summed E-state index contributed by atoms with van der Waals surface area (Å²) < 4.78 is 2.30. The minimum absolute atomic E-state index is 0.838. The van der Waals surface area contributed by atoms with Crippen molar-refractivity contribution in [3.05, 3.63) is 183 Å². The molecule has 54 heavy (non-hydrogen) atoms. The third kappa shape index (κ3) is 4.74. The second kappa shape index (κ2) is 12.1. The molecule has 11 rings (SSSR count). The molecule has 0 atom stereocenters. The molecule has 5 aromatic heterocycles. The average Bonchev–Trinajstić information content (AvgIpc) is 3.57. The molecule has 0 aliphatic carbocycles. The fourth-order valence-electron chi connectivity index (χ4n) is 8.13. The van der Waals surface area contributed by atoms with Crippen molar-refractivity contribution in [2.24, 2.45) is 0 Å². The summed E-state index contributed by atoms with van der Waals surface area (Å²) in [6.45, 7) is 0. The molecule has 0 bridgehead atoms. The van der Waals surface area contributed by atoms with Gasteiger partial charge in [0, 0.05) is 70.0 Å². The molecule has 6 heteroatoms. The van der Waals surface area contributed by atoms with Gasteiger partial charge in [0.15, 0.2) is 0 Å². The number of benzene rings is 5. The lowest BCUT2D eigenvalue weighted by molar-refractivity contribution is 1.08. The third-order valence-corrected chi connectivity index (χ3v) is 10.6. The Morgan fingerprint density at radius 2 is 1.06 bits per heavy atom. The Morgan fingerprint density at radius 1 is 0.389 bits per heavy atom. The van der Waals surface area contributed by atoms with E-state index in [-0.39, 0.29) is 0 Å². The van der Waals surface area contributed by atoms with Crippen molar-refractivity contribution in [3.8, 4) is 50.3 Å². The highest BCUT2D eigenvalue weighted by atomic mass is 15.2. The molecule has 0 fully saturated rings. The zero-order chi connectivity index (χ0) is 35.6. The van der Waals surface area contributed by atoms with Gasteiger partial charge in [0.2, 0.25) is 0 Å². The first-order chi connectivity index (χ1) is 26.8. The van der Waals surface area contributed by atoms with Crippen molar-refractivity contribution in [2.45, 2.75) is 0 Å². The molecule has 10 aromatic rings. The summed E-state index contributed by atoms with van der Waals surface area (Å²) in [5, 5.41) is 4.72. The van der Waals surface area contributed by atoms with Gasteiger partial charge in [-0.15, -0.1) is 0 Å². The van der Waals surface area contributed by atoms with Gasteiger partial charge in [-0.05, 0) is 99.9 Å². The van der Waals surface area contributed by atoms with Crippen LogP contribution in [0.4, 0.5) is 17.2 Å². The van der Waals surface area contributed by atoms with Gasteiger partial charge in [0.1, 0.15) is 11.6 Å². The molecule has 0 unspecified atom stereocenters. The first-order valence-corrected chi connectivity index (χ1v) is 18.0. The zero-order valence-corrected chi connectivity index (χ0v) is 29.0. The Balaban J connectivity index is 1.23. The Labute approximate surface area is 311 Å². The summed E-state index contributed by atoms with van der Waals surface area (Å²) in [4.78, 5) is 21.1. The molecule has 0 N–H and O–H groups in total. The normalized spacial score (nSPS) is 12.0. The minimum Gasteiger partial charge on any atom is -0.294 e. The fraction of sp³-hybridized carbons (Fsp3) is 0. The molecule has 0 saturated carbocycles. The number of aromatic nitrogens is 5. The van der Waals surface area contributed by atoms with Gasteiger partial charge in [-0.1, -0.05) is 78.9 Å². The lowest BCUT2D eigenvalue weighted by Crippen LogP contribution is -2.16. The number of anilines is 3. The van der Waals surface area contributed by atoms with E-state index in [2.05, 4.69) is 141 Å². The monoisotopic (exact) mass is 690 g/mol. The van der Waals surface area contributed by atoms with E-state index in [1.807, 2.05) is 49.1 Å². The van der Waals surface area contributed by atoms with Gasteiger partial charge in [-0.2, -0.15) is 0 Å². The molecule has 5 aromatic carbocycles. The predicted octanol–water partition coefficient (Wildman–Crippen LogP) is 12.0. The van der Waals surface area contributed by atoms with Crippen LogP contribution in [-0.2, 0) is 0 Å². The first-order valence-electron chi connectivity index (χ1n) is 18.0. The average molecular weight is 691 g/mol. The van der Waals surface area contributed by atoms with Crippen LogP contribution in [0.1, 0.15) is 0 Å². The quantitative estimate of drug-likeness (QED) is 0.180. The van der Waals surface area contributed by atoms with Gasteiger partial charge in [0.25, 0.3) is 0 Å². The van der Waals surface area contributed by atoms with E-state index in [4.69, 9.17) is 9.97 Å². The second-order valence-electron chi connectivity index (χ2n) is 13.6. The van der Waals surface area contributed by atoms with Crippen LogP contribution in [-0.4, -0.2) is 24.5 Å². The van der Waals surface area contributed by atoms with Crippen LogP contribution in [0.25, 0.3) is 82.9 Å². The Morgan fingerprint density at radius 3 is 1.80 bits per heavy atom. The van der Waals surface area contributed by atoms with Crippen LogP contribution in [0.5, 0.6) is 0 Å². The van der Waals surface area contributed by atoms with Crippen molar-refractivity contribution in [1.82, 2.24) is 24.5 Å². The largest absolute Gasteiger partial charge is 0.294 e. The van der Waals surface area contributed by atoms with E-state index < -0.39 is 0 Å². The summed E-state index contributed by atoms with van der Waals surface area (Å²) in [7, 11) is 0. The summed E-state index contributed by atoms with van der Waals surface area (Å²) in [6, 6.07) is 51.8. The van der Waals surface area contributed by atoms with Crippen LogP contribution >= 0.6 is 0 Å². The second-order valence-corrected chi connectivity index (χ2v) is 13.6. The molecule has 1 aliphatic heterocycles. The van der Waals surface area contributed by atoms with Gasteiger partial charge in [0.05, 0.1) is 22.4 Å². The molecule has 1 aliphatic rings. The number of hydrogen-bond acceptors (Lipinski definition) is 5. The van der Waals surface area contributed by atoms with Crippen molar-refractivity contribution >= 4 is 49.8 Å². The number of rotatable bonds is 5. The van der Waals surface area contributed by atoms with Crippen molar-refractivity contribution in [3.63, 3.8) is 0 Å². The molecular weight excluding hydrogens is 661 g/mol. The Bertz CT molecular complexity index is 3040. The van der Waals surface area contributed by atoms with Gasteiger partial charge in [-0.3, -0.25) is 19.4 Å². The minimum atomic E-state index is 0.838. The van der Waals surface area contributed by atoms with Crippen molar-refractivity contribution < 1.29 is 0 Å². The van der Waals surface area contributed by atoms with E-state index in [0.29, 0.717) is 0 Å². The third-order valence-electron chi connectivity index (χ3n) is 10.6. The van der Waals surface area contributed by atoms with Crippen LogP contribution in [0.15, 0.2) is 183 Å². The number of pyridine rings is 4. The number of hydrogen-bond donors (Lipinski definition) is 0. The maximum Gasteiger partial charge on any atom is 0.138 e. The van der Waals surface area contributed by atoms with Gasteiger partial charge < -0.3 is 0 Å². The van der Waals surface area contributed by atoms with E-state index in [9.17, 15) is 0 Å². The van der Waals surface area contributed by atoms with Gasteiger partial charge >= 0.3 is 0 Å². The predicted molar refractivity (Wildman–Crippen MR) is 219 cm³/mol. The summed E-state index contributed by atoms with van der Waals surface area (Å²) in [5.74, 6) is 1.68. The summed E-state index contributed by atoms with van der Waals surface area (Å²) in [5.41, 5.74) is 13.2. The van der Waals surface area contributed by atoms with E-state index in [0.717, 1.165) is 72.6 Å². The number of nitrogens with zero attached hydrogens (tertiary/aromatic N) is 6. The summed E-state index contributed by atoms with van der Waals surface area (Å²) >= 11 is 0. The summed E-state index contributed by atoms with van der Waals surface area (Å²) in [6.07, 6.45) is 11.2. The standard InChI is InChI=1S/C48H30N6/c1-2-8-31(9-3-1)33-16-17-42-39(24-33)41-27-40-38-14-4-10-32-11-5-15-43(48(32)38)54(47-26-35(19-23-52-47)37-13-7-21-50-30-37)44(40)28-45(41)53(42)46-25-34(18-22-51-46)36-12-6-20-49-29-36/h1-30H. The smallest absolute Gasteiger partial charge is 0.138 e. The highest BCUT2D eigenvalue weighted by Gasteiger charge is 2.29. The Hall–Kier alpha value is -7.44. The van der Waals surface area contributed by atoms with Crippen LogP contribution in [0.2, 0.25) is 0 Å². The van der Waals surface area contributed by atoms with Crippen LogP contribution in [0, 0.1) is 0 Å². The van der Waals surface area contributed by atoms with Crippen LogP contribution < -0.4 is 4.90 Å². The molecular formula is C48H30N6. The lowest BCUT2D eigenvalue weighted by atomic mass is 9.90. The van der Waals surface area contributed by atoms with E-state index in [1.165, 1.54) is 27.5 Å². The number of fused-ring (bicyclic) bond motifs is 5. The molecule has 6 nitrogen and oxygen atoms in total. The van der Waals surface area contributed by atoms with Crippen molar-refractivity contribution in [2.75, 3.05) is 4.90 Å². The topological polar surface area (TPSA) is 59.7 Å². The lowest BCUT2D eigenvalue weighted by Gasteiger charge is -2.33.